The molecule has 0 bridgehead atoms. The van der Waals surface area contributed by atoms with Crippen LogP contribution in [0.2, 0.25) is 5.02 Å². The lowest BCUT2D eigenvalue weighted by molar-refractivity contribution is 0.0986. The fourth-order valence-electron chi connectivity index (χ4n) is 3.69. The van der Waals surface area contributed by atoms with Gasteiger partial charge in [-0.3, -0.25) is 14.0 Å². The fraction of sp³-hybridized carbons (Fsp3) is 0.231. The molecule has 0 aliphatic heterocycles. The monoisotopic (exact) mass is 542 g/mol. The number of hydrogen-bond acceptors (Lipinski definition) is 6. The van der Waals surface area contributed by atoms with Crippen LogP contribution in [0.15, 0.2) is 77.7 Å². The molecule has 10 heteroatoms. The molecule has 0 N–H and O–H groups in total. The maximum Gasteiger partial charge on any atom is 0.264 e. The molecule has 0 atom stereocenters. The molecule has 7 nitrogen and oxygen atoms in total. The van der Waals surface area contributed by atoms with Crippen LogP contribution in [0.1, 0.15) is 16.8 Å². The van der Waals surface area contributed by atoms with Crippen LogP contribution in [0.25, 0.3) is 10.2 Å². The van der Waals surface area contributed by atoms with Crippen molar-refractivity contribution in [3.63, 3.8) is 0 Å². The van der Waals surface area contributed by atoms with Gasteiger partial charge in [0.25, 0.3) is 15.9 Å². The predicted molar refractivity (Wildman–Crippen MR) is 148 cm³/mol. The van der Waals surface area contributed by atoms with Crippen molar-refractivity contribution in [1.29, 1.82) is 0 Å². The summed E-state index contributed by atoms with van der Waals surface area (Å²) in [5.74, 6) is -0.237. The molecule has 0 aliphatic carbocycles. The van der Waals surface area contributed by atoms with Crippen LogP contribution in [-0.4, -0.2) is 58.4 Å². The van der Waals surface area contributed by atoms with Crippen molar-refractivity contribution in [3.05, 3.63) is 83.4 Å². The Morgan fingerprint density at radius 3 is 2.31 bits per heavy atom. The molecule has 1 aromatic heterocycles. The van der Waals surface area contributed by atoms with Gasteiger partial charge in [-0.15, -0.1) is 0 Å². The lowest BCUT2D eigenvalue weighted by Crippen LogP contribution is -2.33. The lowest BCUT2D eigenvalue weighted by Gasteiger charge is -2.22. The van der Waals surface area contributed by atoms with E-state index in [2.05, 4.69) is 9.88 Å². The molecule has 188 valence electrons. The van der Waals surface area contributed by atoms with Crippen LogP contribution in [0.5, 0.6) is 0 Å². The van der Waals surface area contributed by atoms with E-state index in [4.69, 9.17) is 11.6 Å². The number of aromatic nitrogens is 1. The highest BCUT2D eigenvalue weighted by Gasteiger charge is 2.24. The first-order valence-electron chi connectivity index (χ1n) is 11.3. The van der Waals surface area contributed by atoms with Gasteiger partial charge in [0.2, 0.25) is 0 Å². The number of thiazole rings is 1. The van der Waals surface area contributed by atoms with Gasteiger partial charge in [-0.1, -0.05) is 41.1 Å². The van der Waals surface area contributed by atoms with Gasteiger partial charge < -0.3 is 4.90 Å². The van der Waals surface area contributed by atoms with E-state index in [9.17, 15) is 13.2 Å². The quantitative estimate of drug-likeness (QED) is 0.284. The van der Waals surface area contributed by atoms with Gasteiger partial charge in [0.15, 0.2) is 5.13 Å². The SMILES string of the molecule is CN(C)CCCN(C(=O)c1ccc(S(=O)(=O)N(C)c2ccccc2)cc1)c1nc2ccc(Cl)cc2s1. The minimum Gasteiger partial charge on any atom is -0.309 e. The average Bonchev–Trinajstić information content (AvgIpc) is 3.29. The zero-order chi connectivity index (χ0) is 25.9. The summed E-state index contributed by atoms with van der Waals surface area (Å²) in [7, 11) is 1.70. The molecule has 0 aliphatic rings. The minimum atomic E-state index is -3.77. The summed E-state index contributed by atoms with van der Waals surface area (Å²) in [5, 5.41) is 1.19. The summed E-state index contributed by atoms with van der Waals surface area (Å²) in [6, 6.07) is 20.3. The second-order valence-corrected chi connectivity index (χ2v) is 12.0. The number of benzene rings is 3. The molecule has 4 rings (SSSR count). The van der Waals surface area contributed by atoms with E-state index in [1.54, 1.807) is 47.4 Å². The maximum atomic E-state index is 13.6. The van der Waals surface area contributed by atoms with Crippen LogP contribution in [0, 0.1) is 0 Å². The molecule has 0 unspecified atom stereocenters. The maximum absolute atomic E-state index is 13.6. The van der Waals surface area contributed by atoms with Crippen LogP contribution in [0.4, 0.5) is 10.8 Å². The summed E-state index contributed by atoms with van der Waals surface area (Å²) in [6.07, 6.45) is 0.754. The number of fused-ring (bicyclic) bond motifs is 1. The molecule has 1 amide bonds. The van der Waals surface area contributed by atoms with Crippen LogP contribution in [-0.2, 0) is 10.0 Å². The van der Waals surface area contributed by atoms with Gasteiger partial charge in [-0.05, 0) is 81.7 Å². The highest BCUT2D eigenvalue weighted by atomic mass is 35.5. The number of para-hydroxylation sites is 1. The predicted octanol–water partition coefficient (Wildman–Crippen LogP) is 5.37. The number of amides is 1. The number of anilines is 2. The van der Waals surface area contributed by atoms with E-state index < -0.39 is 10.0 Å². The number of nitrogens with zero attached hydrogens (tertiary/aromatic N) is 4. The molecule has 0 radical (unpaired) electrons. The molecule has 36 heavy (non-hydrogen) atoms. The Labute approximate surface area is 220 Å². The first kappa shape index (κ1) is 26.1. The molecular weight excluding hydrogens is 516 g/mol. The van der Waals surface area contributed by atoms with Gasteiger partial charge in [0.1, 0.15) is 0 Å². The van der Waals surface area contributed by atoms with E-state index in [0.717, 1.165) is 23.2 Å². The standard InChI is InChI=1S/C26H27ClN4O3S2/c1-29(2)16-7-17-31(26-28-23-15-12-20(27)18-24(23)35-26)25(32)19-10-13-22(14-11-19)36(33,34)30(3)21-8-5-4-6-9-21/h4-6,8-15,18H,7,16-17H2,1-3H3. The van der Waals surface area contributed by atoms with Crippen molar-refractivity contribution in [3.8, 4) is 0 Å². The first-order chi connectivity index (χ1) is 17.2. The summed E-state index contributed by atoms with van der Waals surface area (Å²) in [5.41, 5.74) is 1.72. The lowest BCUT2D eigenvalue weighted by atomic mass is 10.2. The molecule has 0 fully saturated rings. The van der Waals surface area contributed by atoms with Crippen molar-refractivity contribution in [1.82, 2.24) is 9.88 Å². The zero-order valence-corrected chi connectivity index (χ0v) is 22.6. The van der Waals surface area contributed by atoms with E-state index >= 15 is 0 Å². The Balaban J connectivity index is 1.61. The van der Waals surface area contributed by atoms with Crippen LogP contribution >= 0.6 is 22.9 Å². The smallest absolute Gasteiger partial charge is 0.264 e. The number of hydrogen-bond donors (Lipinski definition) is 0. The molecule has 0 saturated carbocycles. The van der Waals surface area contributed by atoms with E-state index in [1.165, 1.54) is 34.8 Å². The molecule has 0 saturated heterocycles. The average molecular weight is 543 g/mol. The van der Waals surface area contributed by atoms with Gasteiger partial charge in [0.05, 0.1) is 20.8 Å². The Hall–Kier alpha value is -2.98. The summed E-state index contributed by atoms with van der Waals surface area (Å²) in [4.78, 5) is 22.1. The van der Waals surface area contributed by atoms with Crippen molar-refractivity contribution < 1.29 is 13.2 Å². The Morgan fingerprint density at radius 1 is 0.944 bits per heavy atom. The fourth-order valence-corrected chi connectivity index (χ4v) is 6.15. The summed E-state index contributed by atoms with van der Waals surface area (Å²) in [6.45, 7) is 1.28. The van der Waals surface area contributed by atoms with Crippen LogP contribution < -0.4 is 9.21 Å². The normalized spacial score (nSPS) is 11.7. The van der Waals surface area contributed by atoms with Crippen molar-refractivity contribution in [2.24, 2.45) is 0 Å². The Morgan fingerprint density at radius 2 is 1.64 bits per heavy atom. The summed E-state index contributed by atoms with van der Waals surface area (Å²) < 4.78 is 28.3. The zero-order valence-electron chi connectivity index (χ0n) is 20.3. The molecule has 1 heterocycles. The third-order valence-electron chi connectivity index (χ3n) is 5.68. The molecule has 4 aromatic rings. The van der Waals surface area contributed by atoms with Gasteiger partial charge in [0, 0.05) is 24.2 Å². The number of rotatable bonds is 9. The second kappa shape index (κ2) is 11.0. The number of halogens is 1. The highest BCUT2D eigenvalue weighted by Crippen LogP contribution is 2.32. The van der Waals surface area contributed by atoms with E-state index in [1.807, 2.05) is 32.3 Å². The third kappa shape index (κ3) is 5.70. The number of sulfonamides is 1. The van der Waals surface area contributed by atoms with E-state index in [-0.39, 0.29) is 10.8 Å². The third-order valence-corrected chi connectivity index (χ3v) is 8.76. The number of carbonyl (C=O) groups is 1. The largest absolute Gasteiger partial charge is 0.309 e. The topological polar surface area (TPSA) is 73.8 Å². The van der Waals surface area contributed by atoms with Crippen molar-refractivity contribution >= 4 is 59.9 Å². The Bertz CT molecular complexity index is 1460. The van der Waals surface area contributed by atoms with Gasteiger partial charge in [-0.25, -0.2) is 13.4 Å². The highest BCUT2D eigenvalue weighted by molar-refractivity contribution is 7.92. The van der Waals surface area contributed by atoms with Gasteiger partial charge >= 0.3 is 0 Å². The van der Waals surface area contributed by atoms with Crippen LogP contribution in [0.3, 0.4) is 0 Å². The minimum absolute atomic E-state index is 0.110. The molecule has 3 aromatic carbocycles. The summed E-state index contributed by atoms with van der Waals surface area (Å²) >= 11 is 7.54. The first-order valence-corrected chi connectivity index (χ1v) is 14.0. The molecular formula is C26H27ClN4O3S2. The molecule has 0 spiro atoms. The van der Waals surface area contributed by atoms with E-state index in [0.29, 0.717) is 27.9 Å². The van der Waals surface area contributed by atoms with Gasteiger partial charge in [-0.2, -0.15) is 0 Å². The second-order valence-electron chi connectivity index (χ2n) is 8.55. The van der Waals surface area contributed by atoms with Crippen molar-refractivity contribution in [2.45, 2.75) is 11.3 Å². The number of carbonyl (C=O) groups excluding carboxylic acids is 1. The van der Waals surface area contributed by atoms with Crippen molar-refractivity contribution in [2.75, 3.05) is 43.4 Å². The Kier molecular flexibility index (Phi) is 7.94.